The number of nitrogens with one attached hydrogen (secondary N) is 1. The summed E-state index contributed by atoms with van der Waals surface area (Å²) in [6, 6.07) is 16.2. The van der Waals surface area contributed by atoms with Gasteiger partial charge in [-0.2, -0.15) is 30.7 Å². The molecule has 0 radical (unpaired) electrons. The predicted molar refractivity (Wildman–Crippen MR) is 121 cm³/mol. The molecule has 12 heteroatoms. The number of hydrogen-bond donors (Lipinski definition) is 2. The molecule has 0 saturated carbocycles. The number of hydrogen-bond acceptors (Lipinski definition) is 4. The van der Waals surface area contributed by atoms with E-state index in [0.717, 1.165) is 12.1 Å². The second-order valence-corrected chi connectivity index (χ2v) is 7.58. The Balaban J connectivity index is 1.77. The van der Waals surface area contributed by atoms with Crippen LogP contribution in [0.5, 0.6) is 17.4 Å². The van der Waals surface area contributed by atoms with Gasteiger partial charge in [0.25, 0.3) is 0 Å². The van der Waals surface area contributed by atoms with Gasteiger partial charge in [0.05, 0.1) is 11.3 Å². The van der Waals surface area contributed by atoms with Gasteiger partial charge in [-0.1, -0.05) is 12.1 Å². The van der Waals surface area contributed by atoms with Crippen LogP contribution in [-0.4, -0.2) is 22.9 Å². The molecule has 37 heavy (non-hydrogen) atoms. The third-order valence-electron chi connectivity index (χ3n) is 5.14. The zero-order chi connectivity index (χ0) is 26.7. The lowest BCUT2D eigenvalue weighted by Gasteiger charge is -2.14. The van der Waals surface area contributed by atoms with Gasteiger partial charge >= 0.3 is 19.4 Å². The standard InChI is InChI=1S/C25H17F7N2O3/c26-23(27)36-18-8-4-16(5-9-18)33-20-13-21(14-2-1-3-15(12-14)25(30,31)32)34(22(20)35)17-6-10-19(11-7-17)37-24(28)29/h1-13,23-24,33,35H. The monoisotopic (exact) mass is 526 g/mol. The van der Waals surface area contributed by atoms with Crippen LogP contribution in [0.25, 0.3) is 16.9 Å². The Morgan fingerprint density at radius 3 is 1.86 bits per heavy atom. The van der Waals surface area contributed by atoms with Gasteiger partial charge < -0.3 is 19.9 Å². The molecule has 0 aliphatic carbocycles. The van der Waals surface area contributed by atoms with Crippen LogP contribution in [0.4, 0.5) is 42.1 Å². The highest BCUT2D eigenvalue weighted by Crippen LogP contribution is 2.40. The van der Waals surface area contributed by atoms with Gasteiger partial charge in [-0.3, -0.25) is 4.57 Å². The van der Waals surface area contributed by atoms with Crippen molar-refractivity contribution < 1.29 is 45.3 Å². The lowest BCUT2D eigenvalue weighted by molar-refractivity contribution is -0.137. The molecule has 0 saturated heterocycles. The summed E-state index contributed by atoms with van der Waals surface area (Å²) in [7, 11) is 0. The molecule has 0 unspecified atom stereocenters. The number of aromatic nitrogens is 1. The van der Waals surface area contributed by atoms with Crippen molar-refractivity contribution in [1.82, 2.24) is 4.57 Å². The Labute approximate surface area is 205 Å². The number of benzene rings is 3. The van der Waals surface area contributed by atoms with Crippen LogP contribution in [0.3, 0.4) is 0 Å². The van der Waals surface area contributed by atoms with Crippen molar-refractivity contribution in [3.8, 4) is 34.3 Å². The highest BCUT2D eigenvalue weighted by atomic mass is 19.4. The largest absolute Gasteiger partial charge is 0.493 e. The van der Waals surface area contributed by atoms with E-state index in [1.165, 1.54) is 71.3 Å². The van der Waals surface area contributed by atoms with Gasteiger partial charge in [-0.25, -0.2) is 0 Å². The Bertz CT molecular complexity index is 1350. The molecule has 0 atom stereocenters. The summed E-state index contributed by atoms with van der Waals surface area (Å²) in [5.41, 5.74) is -0.00598. The molecule has 0 aliphatic rings. The minimum absolute atomic E-state index is 0.0721. The molecule has 1 heterocycles. The molecular weight excluding hydrogens is 509 g/mol. The third kappa shape index (κ3) is 6.08. The van der Waals surface area contributed by atoms with E-state index in [4.69, 9.17) is 0 Å². The number of nitrogens with zero attached hydrogens (tertiary/aromatic N) is 1. The molecule has 5 nitrogen and oxygen atoms in total. The van der Waals surface area contributed by atoms with Crippen molar-refractivity contribution in [2.75, 3.05) is 5.32 Å². The van der Waals surface area contributed by atoms with Gasteiger partial charge in [0.2, 0.25) is 5.88 Å². The molecule has 0 fully saturated rings. The van der Waals surface area contributed by atoms with Crippen molar-refractivity contribution in [3.05, 3.63) is 84.4 Å². The minimum Gasteiger partial charge on any atom is -0.493 e. The molecule has 3 aromatic carbocycles. The van der Waals surface area contributed by atoms with Crippen molar-refractivity contribution in [2.45, 2.75) is 19.4 Å². The molecule has 194 valence electrons. The molecule has 0 aliphatic heterocycles. The fraction of sp³-hybridized carbons (Fsp3) is 0.120. The highest BCUT2D eigenvalue weighted by molar-refractivity contribution is 5.77. The number of halogens is 7. The smallest absolute Gasteiger partial charge is 0.416 e. The summed E-state index contributed by atoms with van der Waals surface area (Å²) < 4.78 is 99.7. The first kappa shape index (κ1) is 25.7. The van der Waals surface area contributed by atoms with E-state index in [0.29, 0.717) is 5.69 Å². The Hall–Kier alpha value is -4.35. The maximum absolute atomic E-state index is 13.3. The molecule has 1 aromatic heterocycles. The summed E-state index contributed by atoms with van der Waals surface area (Å²) in [5.74, 6) is -0.670. The fourth-order valence-corrected chi connectivity index (χ4v) is 3.57. The fourth-order valence-electron chi connectivity index (χ4n) is 3.57. The molecule has 2 N–H and O–H groups in total. The van der Waals surface area contributed by atoms with Crippen molar-refractivity contribution in [2.24, 2.45) is 0 Å². The van der Waals surface area contributed by atoms with Crippen LogP contribution in [-0.2, 0) is 6.18 Å². The van der Waals surface area contributed by atoms with Crippen LogP contribution in [0.15, 0.2) is 78.9 Å². The maximum atomic E-state index is 13.3. The van der Waals surface area contributed by atoms with Crippen LogP contribution in [0.1, 0.15) is 5.56 Å². The maximum Gasteiger partial charge on any atom is 0.416 e. The first-order chi connectivity index (χ1) is 17.5. The van der Waals surface area contributed by atoms with Gasteiger partial charge in [0, 0.05) is 11.4 Å². The zero-order valence-corrected chi connectivity index (χ0v) is 18.5. The molecule has 0 spiro atoms. The average Bonchev–Trinajstić information content (AvgIpc) is 3.15. The van der Waals surface area contributed by atoms with Crippen molar-refractivity contribution >= 4 is 11.4 Å². The quantitative estimate of drug-likeness (QED) is 0.230. The van der Waals surface area contributed by atoms with Crippen LogP contribution in [0, 0.1) is 0 Å². The number of alkyl halides is 7. The first-order valence-electron chi connectivity index (χ1n) is 10.5. The Morgan fingerprint density at radius 1 is 0.757 bits per heavy atom. The molecule has 0 bridgehead atoms. The predicted octanol–water partition coefficient (Wildman–Crippen LogP) is 7.82. The Morgan fingerprint density at radius 2 is 1.32 bits per heavy atom. The lowest BCUT2D eigenvalue weighted by atomic mass is 10.1. The highest BCUT2D eigenvalue weighted by Gasteiger charge is 2.31. The van der Waals surface area contributed by atoms with E-state index in [-0.39, 0.29) is 34.1 Å². The Kier molecular flexibility index (Phi) is 7.18. The van der Waals surface area contributed by atoms with E-state index in [2.05, 4.69) is 14.8 Å². The van der Waals surface area contributed by atoms with Crippen LogP contribution in [0.2, 0.25) is 0 Å². The lowest BCUT2D eigenvalue weighted by Crippen LogP contribution is -2.05. The molecular formula is C25H17F7N2O3. The topological polar surface area (TPSA) is 55.6 Å². The average molecular weight is 526 g/mol. The number of ether oxygens (including phenoxy) is 2. The zero-order valence-electron chi connectivity index (χ0n) is 18.5. The summed E-state index contributed by atoms with van der Waals surface area (Å²) in [6.45, 7) is -6.07. The minimum atomic E-state index is -4.62. The first-order valence-corrected chi connectivity index (χ1v) is 10.5. The molecule has 4 rings (SSSR count). The molecule has 4 aromatic rings. The van der Waals surface area contributed by atoms with E-state index in [9.17, 15) is 35.8 Å². The second-order valence-electron chi connectivity index (χ2n) is 7.58. The van der Waals surface area contributed by atoms with E-state index in [1.54, 1.807) is 0 Å². The molecule has 0 amide bonds. The summed E-state index contributed by atoms with van der Waals surface area (Å²) in [6.07, 6.45) is -4.62. The van der Waals surface area contributed by atoms with Gasteiger partial charge in [-0.15, -0.1) is 0 Å². The summed E-state index contributed by atoms with van der Waals surface area (Å²) in [4.78, 5) is 0. The number of rotatable bonds is 8. The SMILES string of the molecule is Oc1c(Nc2ccc(OC(F)F)cc2)cc(-c2cccc(C(F)(F)F)c2)n1-c1ccc(OC(F)F)cc1. The summed E-state index contributed by atoms with van der Waals surface area (Å²) in [5, 5.41) is 13.9. The number of anilines is 2. The summed E-state index contributed by atoms with van der Waals surface area (Å²) >= 11 is 0. The van der Waals surface area contributed by atoms with Crippen LogP contribution < -0.4 is 14.8 Å². The van der Waals surface area contributed by atoms with Crippen molar-refractivity contribution in [1.29, 1.82) is 0 Å². The van der Waals surface area contributed by atoms with Gasteiger partial charge in [0.1, 0.15) is 17.2 Å². The van der Waals surface area contributed by atoms with E-state index in [1.807, 2.05) is 0 Å². The second kappa shape index (κ2) is 10.3. The number of aromatic hydroxyl groups is 1. The van der Waals surface area contributed by atoms with Gasteiger partial charge in [-0.05, 0) is 72.3 Å². The van der Waals surface area contributed by atoms with E-state index >= 15 is 0 Å². The van der Waals surface area contributed by atoms with Crippen LogP contribution >= 0.6 is 0 Å². The van der Waals surface area contributed by atoms with Gasteiger partial charge in [0.15, 0.2) is 0 Å². The normalized spacial score (nSPS) is 11.7. The van der Waals surface area contributed by atoms with E-state index < -0.39 is 30.8 Å². The van der Waals surface area contributed by atoms with Crippen molar-refractivity contribution in [3.63, 3.8) is 0 Å². The third-order valence-corrected chi connectivity index (χ3v) is 5.14.